The van der Waals surface area contributed by atoms with Crippen molar-refractivity contribution < 1.29 is 9.84 Å². The van der Waals surface area contributed by atoms with Crippen LogP contribution in [0.5, 0.6) is 5.75 Å². The summed E-state index contributed by atoms with van der Waals surface area (Å²) in [5, 5.41) is 9.10. The van der Waals surface area contributed by atoms with Crippen molar-refractivity contribution in [2.75, 3.05) is 13.7 Å². The molecule has 1 fully saturated rings. The van der Waals surface area contributed by atoms with Gasteiger partial charge in [-0.05, 0) is 48.6 Å². The lowest BCUT2D eigenvalue weighted by Gasteiger charge is -2.36. The van der Waals surface area contributed by atoms with Crippen molar-refractivity contribution in [2.45, 2.75) is 70.6 Å². The van der Waals surface area contributed by atoms with Gasteiger partial charge >= 0.3 is 0 Å². The summed E-state index contributed by atoms with van der Waals surface area (Å²) >= 11 is 0. The summed E-state index contributed by atoms with van der Waals surface area (Å²) in [5.74, 6) is 1.11. The highest BCUT2D eigenvalue weighted by Crippen LogP contribution is 2.44. The molecule has 0 unspecified atom stereocenters. The van der Waals surface area contributed by atoms with Crippen molar-refractivity contribution in [1.29, 1.82) is 0 Å². The minimum absolute atomic E-state index is 0.253. The maximum Gasteiger partial charge on any atom is 0.125 e. The van der Waals surface area contributed by atoms with Crippen LogP contribution in [-0.4, -0.2) is 18.8 Å². The average Bonchev–Trinajstić information content (AvgIpc) is 2.52. The molecule has 0 amide bonds. The highest BCUT2D eigenvalue weighted by molar-refractivity contribution is 5.49. The Kier molecular flexibility index (Phi) is 5.69. The first-order valence-electron chi connectivity index (χ1n) is 8.45. The molecule has 2 heteroatoms. The molecule has 2 nitrogen and oxygen atoms in total. The molecule has 0 aliphatic heterocycles. The Labute approximate surface area is 129 Å². The number of benzene rings is 1. The Bertz CT molecular complexity index is 459. The van der Waals surface area contributed by atoms with E-state index in [1.807, 2.05) is 0 Å². The first-order chi connectivity index (χ1) is 10.1. The van der Waals surface area contributed by atoms with Gasteiger partial charge < -0.3 is 9.84 Å². The van der Waals surface area contributed by atoms with Gasteiger partial charge in [0.2, 0.25) is 0 Å². The highest BCUT2D eigenvalue weighted by Gasteiger charge is 2.32. The molecule has 0 radical (unpaired) electrons. The van der Waals surface area contributed by atoms with Crippen molar-refractivity contribution in [2.24, 2.45) is 0 Å². The van der Waals surface area contributed by atoms with Crippen molar-refractivity contribution in [3.63, 3.8) is 0 Å². The van der Waals surface area contributed by atoms with Crippen molar-refractivity contribution in [3.8, 4) is 5.75 Å². The average molecular weight is 290 g/mol. The van der Waals surface area contributed by atoms with Crippen molar-refractivity contribution >= 4 is 0 Å². The SMILES string of the molecule is CCc1cc(CCCO)cc(C2(C)CCCCC2)c1OC. The second kappa shape index (κ2) is 7.31. The van der Waals surface area contributed by atoms with Crippen LogP contribution in [0, 0.1) is 0 Å². The normalized spacial score (nSPS) is 17.7. The fourth-order valence-electron chi connectivity index (χ4n) is 3.74. The van der Waals surface area contributed by atoms with Crippen LogP contribution < -0.4 is 4.74 Å². The first-order valence-corrected chi connectivity index (χ1v) is 8.45. The van der Waals surface area contributed by atoms with E-state index in [9.17, 15) is 0 Å². The van der Waals surface area contributed by atoms with E-state index in [-0.39, 0.29) is 12.0 Å². The maximum atomic E-state index is 9.10. The number of aliphatic hydroxyl groups excluding tert-OH is 1. The third-order valence-corrected chi connectivity index (χ3v) is 5.04. The Morgan fingerprint density at radius 3 is 2.48 bits per heavy atom. The number of hydrogen-bond acceptors (Lipinski definition) is 2. The molecule has 0 heterocycles. The molecule has 0 spiro atoms. The number of aliphatic hydroxyl groups is 1. The molecule has 1 N–H and O–H groups in total. The summed E-state index contributed by atoms with van der Waals surface area (Å²) in [6, 6.07) is 4.61. The predicted molar refractivity (Wildman–Crippen MR) is 88.2 cm³/mol. The van der Waals surface area contributed by atoms with Gasteiger partial charge in [-0.2, -0.15) is 0 Å². The third-order valence-electron chi connectivity index (χ3n) is 5.04. The van der Waals surface area contributed by atoms with E-state index < -0.39 is 0 Å². The molecule has 118 valence electrons. The predicted octanol–water partition coefficient (Wildman–Crippen LogP) is 4.40. The summed E-state index contributed by atoms with van der Waals surface area (Å²) in [6.45, 7) is 4.86. The van der Waals surface area contributed by atoms with E-state index in [1.165, 1.54) is 48.8 Å². The maximum absolute atomic E-state index is 9.10. The zero-order chi connectivity index (χ0) is 15.3. The van der Waals surface area contributed by atoms with Crippen LogP contribution in [0.15, 0.2) is 12.1 Å². The minimum atomic E-state index is 0.253. The number of ether oxygens (including phenoxy) is 1. The fraction of sp³-hybridized carbons (Fsp3) is 0.684. The van der Waals surface area contributed by atoms with Gasteiger partial charge in [-0.25, -0.2) is 0 Å². The number of hydrogen-bond donors (Lipinski definition) is 1. The summed E-state index contributed by atoms with van der Waals surface area (Å²) in [7, 11) is 1.80. The van der Waals surface area contributed by atoms with E-state index in [2.05, 4.69) is 26.0 Å². The van der Waals surface area contributed by atoms with E-state index in [0.717, 1.165) is 25.0 Å². The molecule has 0 saturated heterocycles. The lowest BCUT2D eigenvalue weighted by Crippen LogP contribution is -2.26. The molecule has 1 aromatic carbocycles. The van der Waals surface area contributed by atoms with Gasteiger partial charge in [0.1, 0.15) is 5.75 Å². The van der Waals surface area contributed by atoms with Crippen LogP contribution in [0.4, 0.5) is 0 Å². The molecule has 0 bridgehead atoms. The summed E-state index contributed by atoms with van der Waals surface area (Å²) in [6.07, 6.45) is 9.32. The fourth-order valence-corrected chi connectivity index (χ4v) is 3.74. The van der Waals surface area contributed by atoms with Gasteiger partial charge in [0, 0.05) is 12.2 Å². The Balaban J connectivity index is 2.44. The van der Waals surface area contributed by atoms with E-state index in [4.69, 9.17) is 9.84 Å². The largest absolute Gasteiger partial charge is 0.496 e. The van der Waals surface area contributed by atoms with Gasteiger partial charge in [0.25, 0.3) is 0 Å². The van der Waals surface area contributed by atoms with Crippen LogP contribution in [0.2, 0.25) is 0 Å². The highest BCUT2D eigenvalue weighted by atomic mass is 16.5. The summed E-state index contributed by atoms with van der Waals surface area (Å²) in [4.78, 5) is 0. The molecule has 21 heavy (non-hydrogen) atoms. The molecule has 1 aliphatic carbocycles. The van der Waals surface area contributed by atoms with Crippen LogP contribution in [0.1, 0.15) is 69.1 Å². The Morgan fingerprint density at radius 1 is 1.19 bits per heavy atom. The molecular formula is C19H30O2. The topological polar surface area (TPSA) is 29.5 Å². The third kappa shape index (κ3) is 3.60. The molecule has 1 aliphatic rings. The monoisotopic (exact) mass is 290 g/mol. The van der Waals surface area contributed by atoms with Crippen LogP contribution >= 0.6 is 0 Å². The van der Waals surface area contributed by atoms with E-state index >= 15 is 0 Å². The zero-order valence-corrected chi connectivity index (χ0v) is 13.9. The number of methoxy groups -OCH3 is 1. The standard InChI is InChI=1S/C19H30O2/c1-4-16-13-15(9-8-12-20)14-17(18(16)21-3)19(2)10-6-5-7-11-19/h13-14,20H,4-12H2,1-3H3. The Hall–Kier alpha value is -1.02. The summed E-state index contributed by atoms with van der Waals surface area (Å²) < 4.78 is 5.80. The number of rotatable bonds is 6. The van der Waals surface area contributed by atoms with Crippen LogP contribution in [0.3, 0.4) is 0 Å². The van der Waals surface area contributed by atoms with Gasteiger partial charge in [0.05, 0.1) is 7.11 Å². The van der Waals surface area contributed by atoms with Crippen molar-refractivity contribution in [1.82, 2.24) is 0 Å². The molecule has 0 atom stereocenters. The second-order valence-electron chi connectivity index (χ2n) is 6.64. The van der Waals surface area contributed by atoms with E-state index in [0.29, 0.717) is 0 Å². The molecule has 1 saturated carbocycles. The van der Waals surface area contributed by atoms with Crippen LogP contribution in [-0.2, 0) is 18.3 Å². The quantitative estimate of drug-likeness (QED) is 0.841. The lowest BCUT2D eigenvalue weighted by molar-refractivity contribution is 0.288. The van der Waals surface area contributed by atoms with Crippen molar-refractivity contribution in [3.05, 3.63) is 28.8 Å². The van der Waals surface area contributed by atoms with E-state index in [1.54, 1.807) is 7.11 Å². The minimum Gasteiger partial charge on any atom is -0.496 e. The molecule has 1 aromatic rings. The van der Waals surface area contributed by atoms with Gasteiger partial charge in [0.15, 0.2) is 0 Å². The molecule has 2 rings (SSSR count). The van der Waals surface area contributed by atoms with Gasteiger partial charge in [-0.1, -0.05) is 45.2 Å². The van der Waals surface area contributed by atoms with Gasteiger partial charge in [-0.15, -0.1) is 0 Å². The molecular weight excluding hydrogens is 260 g/mol. The lowest BCUT2D eigenvalue weighted by atomic mass is 9.70. The summed E-state index contributed by atoms with van der Waals surface area (Å²) in [5.41, 5.74) is 4.32. The second-order valence-corrected chi connectivity index (χ2v) is 6.64. The number of aryl methyl sites for hydroxylation is 2. The smallest absolute Gasteiger partial charge is 0.125 e. The van der Waals surface area contributed by atoms with Crippen LogP contribution in [0.25, 0.3) is 0 Å². The van der Waals surface area contributed by atoms with Gasteiger partial charge in [-0.3, -0.25) is 0 Å². The zero-order valence-electron chi connectivity index (χ0n) is 13.9. The molecule has 0 aromatic heterocycles. The first kappa shape index (κ1) is 16.4. The Morgan fingerprint density at radius 2 is 1.90 bits per heavy atom.